The molecule has 110 valence electrons. The smallest absolute Gasteiger partial charge is 0.245 e. The largest absolute Gasteiger partial charge is 0.361 e. The van der Waals surface area contributed by atoms with E-state index in [1.807, 2.05) is 18.2 Å². The summed E-state index contributed by atoms with van der Waals surface area (Å²) in [7, 11) is 1.69. The molecule has 3 aliphatic rings. The average Bonchev–Trinajstić information content (AvgIpc) is 2.85. The minimum absolute atomic E-state index is 0.0273. The quantitative estimate of drug-likeness (QED) is 0.768. The molecule has 1 fully saturated rings. The highest BCUT2D eigenvalue weighted by molar-refractivity contribution is 5.95. The van der Waals surface area contributed by atoms with Crippen LogP contribution in [-0.4, -0.2) is 47.8 Å². The van der Waals surface area contributed by atoms with Crippen LogP contribution >= 0.6 is 0 Å². The molecule has 21 heavy (non-hydrogen) atoms. The number of nitrogens with one attached hydrogen (secondary N) is 1. The Morgan fingerprint density at radius 1 is 1.29 bits per heavy atom. The first-order chi connectivity index (χ1) is 10.1. The molecule has 0 radical (unpaired) electrons. The lowest BCUT2D eigenvalue weighted by molar-refractivity contribution is -0.154. The maximum absolute atomic E-state index is 12.2. The minimum Gasteiger partial charge on any atom is -0.361 e. The standard InChI is InChI=1S/C16H19N3O2/c1-3-4-5-6-12-7-11-8-14-16(21)18(2)10-15(20)19(14)9-13(11)17-12/h3-6,14,17H,1,7-10H2,2H3/b5-4-,12-6+/t14-/m0/s1. The van der Waals surface area contributed by atoms with Gasteiger partial charge in [0.1, 0.15) is 6.04 Å². The van der Waals surface area contributed by atoms with E-state index in [1.54, 1.807) is 18.0 Å². The molecule has 1 atom stereocenters. The first-order valence-corrected chi connectivity index (χ1v) is 7.10. The van der Waals surface area contributed by atoms with Crippen molar-refractivity contribution >= 4 is 11.8 Å². The Hall–Kier alpha value is -2.30. The van der Waals surface area contributed by atoms with Crippen LogP contribution in [0.5, 0.6) is 0 Å². The van der Waals surface area contributed by atoms with Gasteiger partial charge < -0.3 is 15.1 Å². The molecule has 0 aromatic carbocycles. The number of allylic oxidation sites excluding steroid dienone is 5. The lowest BCUT2D eigenvalue weighted by Gasteiger charge is -2.41. The first kappa shape index (κ1) is 13.7. The van der Waals surface area contributed by atoms with E-state index in [9.17, 15) is 9.59 Å². The number of rotatable bonds is 2. The Labute approximate surface area is 124 Å². The van der Waals surface area contributed by atoms with Gasteiger partial charge in [0.15, 0.2) is 0 Å². The summed E-state index contributed by atoms with van der Waals surface area (Å²) < 4.78 is 0. The molecule has 5 nitrogen and oxygen atoms in total. The molecule has 5 heteroatoms. The van der Waals surface area contributed by atoms with Crippen LogP contribution in [0.15, 0.2) is 47.9 Å². The summed E-state index contributed by atoms with van der Waals surface area (Å²) in [6, 6.07) is -0.320. The summed E-state index contributed by atoms with van der Waals surface area (Å²) in [4.78, 5) is 27.6. The molecule has 1 N–H and O–H groups in total. The third-order valence-electron chi connectivity index (χ3n) is 4.19. The van der Waals surface area contributed by atoms with Crippen LogP contribution < -0.4 is 5.32 Å². The third kappa shape index (κ3) is 2.39. The van der Waals surface area contributed by atoms with E-state index >= 15 is 0 Å². The van der Waals surface area contributed by atoms with Gasteiger partial charge in [-0.2, -0.15) is 0 Å². The monoisotopic (exact) mass is 285 g/mol. The van der Waals surface area contributed by atoms with Crippen molar-refractivity contribution in [2.24, 2.45) is 0 Å². The number of carbonyl (C=O) groups is 2. The fourth-order valence-electron chi connectivity index (χ4n) is 3.09. The molecule has 0 saturated carbocycles. The highest BCUT2D eigenvalue weighted by Crippen LogP contribution is 2.33. The summed E-state index contributed by atoms with van der Waals surface area (Å²) >= 11 is 0. The van der Waals surface area contributed by atoms with E-state index in [0.717, 1.165) is 17.8 Å². The van der Waals surface area contributed by atoms with E-state index in [4.69, 9.17) is 0 Å². The topological polar surface area (TPSA) is 52.7 Å². The number of hydrogen-bond acceptors (Lipinski definition) is 3. The van der Waals surface area contributed by atoms with Crippen LogP contribution in [0.4, 0.5) is 0 Å². The molecule has 2 amide bonds. The molecule has 0 aliphatic carbocycles. The van der Waals surface area contributed by atoms with Crippen molar-refractivity contribution in [3.05, 3.63) is 47.9 Å². The maximum Gasteiger partial charge on any atom is 0.245 e. The van der Waals surface area contributed by atoms with Crippen LogP contribution in [0.3, 0.4) is 0 Å². The van der Waals surface area contributed by atoms with Crippen molar-refractivity contribution in [2.75, 3.05) is 20.1 Å². The second kappa shape index (κ2) is 5.24. The van der Waals surface area contributed by atoms with Gasteiger partial charge >= 0.3 is 0 Å². The molecule has 0 aromatic rings. The van der Waals surface area contributed by atoms with Crippen molar-refractivity contribution in [3.8, 4) is 0 Å². The van der Waals surface area contributed by atoms with E-state index in [0.29, 0.717) is 13.0 Å². The highest BCUT2D eigenvalue weighted by Gasteiger charge is 2.42. The number of piperazine rings is 1. The lowest BCUT2D eigenvalue weighted by Crippen LogP contribution is -2.60. The summed E-state index contributed by atoms with van der Waals surface area (Å²) in [5.74, 6) is 0.0737. The van der Waals surface area contributed by atoms with Crippen LogP contribution in [0.25, 0.3) is 0 Å². The van der Waals surface area contributed by atoms with E-state index in [1.165, 1.54) is 10.5 Å². The SMILES string of the molecule is C=C/C=C\C=C1/CC2=C(CN3C(=O)CN(C)C(=O)[C@@H]3C2)N1. The summed E-state index contributed by atoms with van der Waals surface area (Å²) in [5, 5.41) is 3.37. The molecule has 0 spiro atoms. The minimum atomic E-state index is -0.320. The molecule has 3 heterocycles. The van der Waals surface area contributed by atoms with Crippen molar-refractivity contribution < 1.29 is 9.59 Å². The maximum atomic E-state index is 12.2. The van der Waals surface area contributed by atoms with Crippen LogP contribution in [0.2, 0.25) is 0 Å². The van der Waals surface area contributed by atoms with Crippen molar-refractivity contribution in [3.63, 3.8) is 0 Å². The van der Waals surface area contributed by atoms with Gasteiger partial charge in [-0.05, 0) is 11.6 Å². The normalized spacial score (nSPS) is 27.3. The summed E-state index contributed by atoms with van der Waals surface area (Å²) in [6.45, 7) is 4.33. The first-order valence-electron chi connectivity index (χ1n) is 7.10. The molecule has 3 rings (SSSR count). The zero-order valence-electron chi connectivity index (χ0n) is 12.1. The average molecular weight is 285 g/mol. The van der Waals surface area contributed by atoms with Crippen LogP contribution in [0, 0.1) is 0 Å². The van der Waals surface area contributed by atoms with E-state index in [2.05, 4.69) is 11.9 Å². The summed E-state index contributed by atoms with van der Waals surface area (Å²) in [5.41, 5.74) is 3.42. The Morgan fingerprint density at radius 2 is 2.10 bits per heavy atom. The molecule has 1 saturated heterocycles. The Bertz CT molecular complexity index is 601. The van der Waals surface area contributed by atoms with Crippen molar-refractivity contribution in [1.82, 2.24) is 15.1 Å². The molecule has 0 unspecified atom stereocenters. The molecule has 0 bridgehead atoms. The number of fused-ring (bicyclic) bond motifs is 1. The fourth-order valence-corrected chi connectivity index (χ4v) is 3.09. The van der Waals surface area contributed by atoms with Gasteiger partial charge in [0.2, 0.25) is 11.8 Å². The molecular formula is C16H19N3O2. The Morgan fingerprint density at radius 3 is 2.86 bits per heavy atom. The van der Waals surface area contributed by atoms with Gasteiger partial charge in [-0.3, -0.25) is 9.59 Å². The number of carbonyl (C=O) groups excluding carboxylic acids is 2. The number of hydrogen-bond donors (Lipinski definition) is 1. The Balaban J connectivity index is 1.79. The molecule has 0 aromatic heterocycles. The zero-order chi connectivity index (χ0) is 15.0. The van der Waals surface area contributed by atoms with E-state index < -0.39 is 0 Å². The Kier molecular flexibility index (Phi) is 3.41. The van der Waals surface area contributed by atoms with Gasteiger partial charge in [0.05, 0.1) is 13.1 Å². The fraction of sp³-hybridized carbons (Fsp3) is 0.375. The van der Waals surface area contributed by atoms with Gasteiger partial charge in [-0.1, -0.05) is 24.8 Å². The third-order valence-corrected chi connectivity index (χ3v) is 4.19. The van der Waals surface area contributed by atoms with Crippen molar-refractivity contribution in [1.29, 1.82) is 0 Å². The predicted molar refractivity (Wildman–Crippen MR) is 80.0 cm³/mol. The van der Waals surface area contributed by atoms with Crippen molar-refractivity contribution in [2.45, 2.75) is 18.9 Å². The number of nitrogens with zero attached hydrogens (tertiary/aromatic N) is 2. The van der Waals surface area contributed by atoms with Crippen LogP contribution in [0.1, 0.15) is 12.8 Å². The van der Waals surface area contributed by atoms with Gasteiger partial charge in [0.25, 0.3) is 0 Å². The predicted octanol–water partition coefficient (Wildman–Crippen LogP) is 0.933. The van der Waals surface area contributed by atoms with Gasteiger partial charge in [0, 0.05) is 31.3 Å². The summed E-state index contributed by atoms with van der Waals surface area (Å²) in [6.07, 6.45) is 9.01. The zero-order valence-corrected chi connectivity index (χ0v) is 12.1. The highest BCUT2D eigenvalue weighted by atomic mass is 16.2. The van der Waals surface area contributed by atoms with E-state index in [-0.39, 0.29) is 24.4 Å². The van der Waals surface area contributed by atoms with Gasteiger partial charge in [-0.15, -0.1) is 0 Å². The number of likely N-dealkylation sites (N-methyl/N-ethyl adjacent to an activating group) is 1. The molecule has 3 aliphatic heterocycles. The van der Waals surface area contributed by atoms with Crippen LogP contribution in [-0.2, 0) is 9.59 Å². The van der Waals surface area contributed by atoms with Gasteiger partial charge in [-0.25, -0.2) is 0 Å². The number of amides is 2. The second-order valence-electron chi connectivity index (χ2n) is 5.63. The second-order valence-corrected chi connectivity index (χ2v) is 5.63. The molecular weight excluding hydrogens is 266 g/mol. The lowest BCUT2D eigenvalue weighted by atomic mass is 9.94.